The smallest absolute Gasteiger partial charge is 0.378 e. The predicted molar refractivity (Wildman–Crippen MR) is 150 cm³/mol. The molecular weight excluding hydrogens is 571 g/mol. The van der Waals surface area contributed by atoms with Gasteiger partial charge in [0.15, 0.2) is 10.8 Å². The fraction of sp³-hybridized carbons (Fsp3) is 0.481. The number of pyridine rings is 1. The lowest BCUT2D eigenvalue weighted by Gasteiger charge is -2.40. The highest BCUT2D eigenvalue weighted by atomic mass is 32.1. The molecule has 15 heteroatoms. The van der Waals surface area contributed by atoms with Crippen LogP contribution in [0.25, 0.3) is 16.5 Å². The molecule has 6 rings (SSSR count). The summed E-state index contributed by atoms with van der Waals surface area (Å²) in [5.74, 6) is 0.112. The lowest BCUT2D eigenvalue weighted by atomic mass is 9.93. The summed E-state index contributed by atoms with van der Waals surface area (Å²) in [6.45, 7) is 4.67. The van der Waals surface area contributed by atoms with Gasteiger partial charge in [0.25, 0.3) is 5.91 Å². The minimum Gasteiger partial charge on any atom is -0.378 e. The first-order valence-corrected chi connectivity index (χ1v) is 14.5. The fourth-order valence-electron chi connectivity index (χ4n) is 4.95. The number of hydrogen-bond donors (Lipinski definition) is 1. The SMILES string of the molecule is COC1(C)CCN(c2cnc(C(=O)Nc3csc(-c4nncn4C(C)C(F)(F)F)n3)cc2-n2cnc(C3CC3)c2)CC1. The van der Waals surface area contributed by atoms with Crippen LogP contribution in [-0.2, 0) is 4.74 Å². The maximum absolute atomic E-state index is 13.3. The summed E-state index contributed by atoms with van der Waals surface area (Å²) in [5.41, 5.74) is 2.68. The molecule has 1 aliphatic heterocycles. The molecule has 0 spiro atoms. The summed E-state index contributed by atoms with van der Waals surface area (Å²) in [5, 5.41) is 11.9. The Balaban J connectivity index is 1.25. The van der Waals surface area contributed by atoms with Gasteiger partial charge in [-0.2, -0.15) is 13.2 Å². The molecule has 2 fully saturated rings. The van der Waals surface area contributed by atoms with Crippen LogP contribution in [0.4, 0.5) is 24.7 Å². The Hall–Kier alpha value is -3.85. The first kappa shape index (κ1) is 28.3. The van der Waals surface area contributed by atoms with Crippen LogP contribution in [-0.4, -0.2) is 72.2 Å². The van der Waals surface area contributed by atoms with Crippen molar-refractivity contribution in [3.05, 3.63) is 47.9 Å². The largest absolute Gasteiger partial charge is 0.408 e. The average Bonchev–Trinajstić information content (AvgIpc) is 3.33. The van der Waals surface area contributed by atoms with Gasteiger partial charge in [0.05, 0.1) is 35.2 Å². The Morgan fingerprint density at radius 1 is 1.19 bits per heavy atom. The molecule has 2 aliphatic rings. The van der Waals surface area contributed by atoms with Crippen molar-refractivity contribution >= 4 is 28.7 Å². The number of thiazole rings is 1. The summed E-state index contributed by atoms with van der Waals surface area (Å²) < 4.78 is 48.4. The number of nitrogens with one attached hydrogen (secondary N) is 1. The minimum atomic E-state index is -4.48. The molecule has 1 saturated heterocycles. The Kier molecular flexibility index (Phi) is 7.25. The van der Waals surface area contributed by atoms with Crippen LogP contribution < -0.4 is 10.2 Å². The molecule has 4 aromatic heterocycles. The fourth-order valence-corrected chi connectivity index (χ4v) is 5.69. The number of anilines is 2. The molecule has 0 radical (unpaired) electrons. The highest BCUT2D eigenvalue weighted by molar-refractivity contribution is 7.13. The summed E-state index contributed by atoms with van der Waals surface area (Å²) in [4.78, 5) is 28.9. The van der Waals surface area contributed by atoms with Crippen molar-refractivity contribution in [2.45, 2.75) is 63.3 Å². The van der Waals surface area contributed by atoms with Crippen molar-refractivity contribution in [1.29, 1.82) is 0 Å². The first-order valence-electron chi connectivity index (χ1n) is 13.6. The predicted octanol–water partition coefficient (Wildman–Crippen LogP) is 5.24. The summed E-state index contributed by atoms with van der Waals surface area (Å²) in [6, 6.07) is -0.112. The first-order chi connectivity index (χ1) is 20.0. The molecule has 0 aromatic carbocycles. The number of carbonyl (C=O) groups excluding carboxylic acids is 1. The zero-order chi connectivity index (χ0) is 29.6. The lowest BCUT2D eigenvalue weighted by molar-refractivity contribution is -0.162. The monoisotopic (exact) mass is 601 g/mol. The molecule has 42 heavy (non-hydrogen) atoms. The number of ether oxygens (including phenoxy) is 1. The third-order valence-corrected chi connectivity index (χ3v) is 8.86. The van der Waals surface area contributed by atoms with Crippen LogP contribution in [0.5, 0.6) is 0 Å². The van der Waals surface area contributed by atoms with Crippen molar-refractivity contribution in [3.63, 3.8) is 0 Å². The number of imidazole rings is 1. The third-order valence-electron chi connectivity index (χ3n) is 8.03. The Bertz CT molecular complexity index is 1590. The van der Waals surface area contributed by atoms with Gasteiger partial charge in [-0.05, 0) is 45.6 Å². The second-order valence-corrected chi connectivity index (χ2v) is 11.8. The van der Waals surface area contributed by atoms with E-state index in [4.69, 9.17) is 4.74 Å². The van der Waals surface area contributed by atoms with Crippen molar-refractivity contribution in [1.82, 2.24) is 34.3 Å². The average molecular weight is 602 g/mol. The Morgan fingerprint density at radius 3 is 2.64 bits per heavy atom. The van der Waals surface area contributed by atoms with E-state index in [1.807, 2.05) is 10.8 Å². The number of methoxy groups -OCH3 is 1. The van der Waals surface area contributed by atoms with E-state index in [1.54, 1.807) is 25.7 Å². The topological polar surface area (TPSA) is 116 Å². The van der Waals surface area contributed by atoms with Crippen molar-refractivity contribution in [2.24, 2.45) is 0 Å². The molecule has 11 nitrogen and oxygen atoms in total. The molecule has 4 aromatic rings. The highest BCUT2D eigenvalue weighted by Gasteiger charge is 2.39. The van der Waals surface area contributed by atoms with E-state index in [1.165, 1.54) is 5.38 Å². The van der Waals surface area contributed by atoms with E-state index in [9.17, 15) is 18.0 Å². The van der Waals surface area contributed by atoms with E-state index in [-0.39, 0.29) is 27.9 Å². The van der Waals surface area contributed by atoms with Crippen LogP contribution in [0.15, 0.2) is 36.5 Å². The van der Waals surface area contributed by atoms with Gasteiger partial charge in [-0.1, -0.05) is 0 Å². The molecule has 5 heterocycles. The molecule has 0 bridgehead atoms. The quantitative estimate of drug-likeness (QED) is 0.292. The van der Waals surface area contributed by atoms with E-state index in [2.05, 4.69) is 42.3 Å². The summed E-state index contributed by atoms with van der Waals surface area (Å²) in [6.07, 6.45) is 5.95. The number of nitrogens with zero attached hydrogens (tertiary/aromatic N) is 8. The maximum atomic E-state index is 13.3. The number of piperidine rings is 1. The molecule has 1 N–H and O–H groups in total. The minimum absolute atomic E-state index is 0.0345. The zero-order valence-electron chi connectivity index (χ0n) is 23.3. The maximum Gasteiger partial charge on any atom is 0.408 e. The van der Waals surface area contributed by atoms with E-state index in [0.717, 1.165) is 85.0 Å². The van der Waals surface area contributed by atoms with Gasteiger partial charge in [0, 0.05) is 37.7 Å². The molecule has 222 valence electrons. The van der Waals surface area contributed by atoms with Crippen LogP contribution in [0, 0.1) is 0 Å². The molecule has 1 saturated carbocycles. The van der Waals surface area contributed by atoms with Gasteiger partial charge >= 0.3 is 6.18 Å². The van der Waals surface area contributed by atoms with Gasteiger partial charge in [0.2, 0.25) is 0 Å². The second-order valence-electron chi connectivity index (χ2n) is 11.0. The van der Waals surface area contributed by atoms with Gasteiger partial charge in [-0.15, -0.1) is 21.5 Å². The standard InChI is InChI=1S/C27H30F3N9O2S/c1-16(27(28,29)30)39-15-33-36-23(39)25-35-22(13-42-25)34-24(40)18-10-20(38-12-19(32-14-38)17-4-5-17)21(11-31-18)37-8-6-26(2,41-3)7-9-37/h10-17H,4-9H2,1-3H3,(H,34,40). The Labute approximate surface area is 243 Å². The third kappa shape index (κ3) is 5.62. The van der Waals surface area contributed by atoms with E-state index >= 15 is 0 Å². The van der Waals surface area contributed by atoms with E-state index < -0.39 is 18.1 Å². The number of amides is 1. The van der Waals surface area contributed by atoms with Crippen LogP contribution >= 0.6 is 11.3 Å². The Morgan fingerprint density at radius 2 is 1.95 bits per heavy atom. The number of halogens is 3. The van der Waals surface area contributed by atoms with Crippen LogP contribution in [0.3, 0.4) is 0 Å². The van der Waals surface area contributed by atoms with Crippen molar-refractivity contribution < 1.29 is 22.7 Å². The van der Waals surface area contributed by atoms with Gasteiger partial charge in [-0.25, -0.2) is 15.0 Å². The van der Waals surface area contributed by atoms with E-state index in [0.29, 0.717) is 5.92 Å². The van der Waals surface area contributed by atoms with Crippen molar-refractivity contribution in [2.75, 3.05) is 30.4 Å². The zero-order valence-corrected chi connectivity index (χ0v) is 24.1. The number of rotatable bonds is 8. The summed E-state index contributed by atoms with van der Waals surface area (Å²) >= 11 is 1.05. The molecule has 1 atom stereocenters. The van der Waals surface area contributed by atoms with Gasteiger partial charge in [-0.3, -0.25) is 9.36 Å². The number of alkyl halides is 3. The highest BCUT2D eigenvalue weighted by Crippen LogP contribution is 2.40. The van der Waals surface area contributed by atoms with Gasteiger partial charge in [0.1, 0.15) is 23.9 Å². The van der Waals surface area contributed by atoms with Crippen LogP contribution in [0.1, 0.15) is 67.7 Å². The molecule has 1 unspecified atom stereocenters. The molecule has 1 amide bonds. The van der Waals surface area contributed by atoms with Gasteiger partial charge < -0.3 is 19.5 Å². The normalized spacial score (nSPS) is 17.8. The number of hydrogen-bond acceptors (Lipinski definition) is 9. The molecular formula is C27H30F3N9O2S. The number of aromatic nitrogens is 7. The van der Waals surface area contributed by atoms with Crippen LogP contribution in [0.2, 0.25) is 0 Å². The lowest BCUT2D eigenvalue weighted by Crippen LogP contribution is -2.44. The van der Waals surface area contributed by atoms with Crippen molar-refractivity contribution in [3.8, 4) is 16.5 Å². The second kappa shape index (κ2) is 10.8. The molecule has 1 aliphatic carbocycles. The number of carbonyl (C=O) groups is 1. The summed E-state index contributed by atoms with van der Waals surface area (Å²) in [7, 11) is 1.74.